The van der Waals surface area contributed by atoms with Crippen molar-refractivity contribution in [3.63, 3.8) is 0 Å². The second kappa shape index (κ2) is 5.45. The van der Waals surface area contributed by atoms with Crippen molar-refractivity contribution in [2.24, 2.45) is 0 Å². The number of nitrogens with zero attached hydrogens (tertiary/aromatic N) is 2. The summed E-state index contributed by atoms with van der Waals surface area (Å²) in [6.45, 7) is 6.50. The van der Waals surface area contributed by atoms with E-state index in [0.717, 1.165) is 28.3 Å². The lowest BCUT2D eigenvalue weighted by Gasteiger charge is -2.13. The Morgan fingerprint density at radius 2 is 2.11 bits per heavy atom. The van der Waals surface area contributed by atoms with Crippen LogP contribution in [0.1, 0.15) is 35.5 Å². The Hall–Kier alpha value is -1.81. The highest BCUT2D eigenvalue weighted by Gasteiger charge is 2.10. The smallest absolute Gasteiger partial charge is 0.123 e. The third-order valence-corrected chi connectivity index (χ3v) is 3.47. The van der Waals surface area contributed by atoms with E-state index in [1.165, 1.54) is 0 Å². The molecular formula is C15H20N2O2. The Morgan fingerprint density at radius 3 is 2.63 bits per heavy atom. The molecule has 0 radical (unpaired) electrons. The highest BCUT2D eigenvalue weighted by molar-refractivity contribution is 5.38. The molecule has 0 aliphatic rings. The van der Waals surface area contributed by atoms with Gasteiger partial charge in [-0.25, -0.2) is 4.98 Å². The third kappa shape index (κ3) is 2.79. The molecule has 1 atom stereocenters. The Kier molecular flexibility index (Phi) is 3.90. The molecule has 0 saturated heterocycles. The second-order valence-corrected chi connectivity index (χ2v) is 4.79. The zero-order valence-corrected chi connectivity index (χ0v) is 11.8. The van der Waals surface area contributed by atoms with Crippen molar-refractivity contribution >= 4 is 0 Å². The number of aromatic nitrogens is 2. The van der Waals surface area contributed by atoms with Gasteiger partial charge in [-0.05, 0) is 38.5 Å². The molecule has 1 heterocycles. The molecule has 1 unspecified atom stereocenters. The van der Waals surface area contributed by atoms with Crippen molar-refractivity contribution in [3.05, 3.63) is 47.0 Å². The Balaban J connectivity index is 2.37. The van der Waals surface area contributed by atoms with Gasteiger partial charge in [0, 0.05) is 11.3 Å². The average Bonchev–Trinajstić information content (AvgIpc) is 2.70. The van der Waals surface area contributed by atoms with Crippen LogP contribution in [-0.4, -0.2) is 21.8 Å². The van der Waals surface area contributed by atoms with Gasteiger partial charge in [-0.2, -0.15) is 0 Å². The summed E-state index contributed by atoms with van der Waals surface area (Å²) in [4.78, 5) is 4.30. The standard InChI is InChI=1S/C15H20N2O2/c1-10-11(2)17(9-16-10)8-14-7-13(12(3)18)5-6-15(14)19-4/h5-7,9,12,18H,8H2,1-4H3. The first kappa shape index (κ1) is 13.6. The molecule has 0 aliphatic carbocycles. The molecule has 0 bridgehead atoms. The van der Waals surface area contributed by atoms with Gasteiger partial charge in [0.15, 0.2) is 0 Å². The fraction of sp³-hybridized carbons (Fsp3) is 0.400. The van der Waals surface area contributed by atoms with Crippen molar-refractivity contribution in [1.82, 2.24) is 9.55 Å². The van der Waals surface area contributed by atoms with Crippen LogP contribution in [0.25, 0.3) is 0 Å². The Labute approximate surface area is 113 Å². The van der Waals surface area contributed by atoms with Gasteiger partial charge in [0.1, 0.15) is 5.75 Å². The summed E-state index contributed by atoms with van der Waals surface area (Å²) in [7, 11) is 1.66. The monoisotopic (exact) mass is 260 g/mol. The zero-order valence-electron chi connectivity index (χ0n) is 11.8. The average molecular weight is 260 g/mol. The van der Waals surface area contributed by atoms with Crippen LogP contribution < -0.4 is 4.74 Å². The Morgan fingerprint density at radius 1 is 1.37 bits per heavy atom. The summed E-state index contributed by atoms with van der Waals surface area (Å²) in [6, 6.07) is 5.77. The largest absolute Gasteiger partial charge is 0.496 e. The van der Waals surface area contributed by atoms with Gasteiger partial charge < -0.3 is 14.4 Å². The maximum absolute atomic E-state index is 9.68. The third-order valence-electron chi connectivity index (χ3n) is 3.47. The van der Waals surface area contributed by atoms with E-state index in [4.69, 9.17) is 4.74 Å². The van der Waals surface area contributed by atoms with Gasteiger partial charge in [-0.15, -0.1) is 0 Å². The summed E-state index contributed by atoms with van der Waals surface area (Å²) in [5, 5.41) is 9.68. The van der Waals surface area contributed by atoms with E-state index in [1.807, 2.05) is 38.4 Å². The van der Waals surface area contributed by atoms with E-state index in [1.54, 1.807) is 14.0 Å². The first-order valence-electron chi connectivity index (χ1n) is 6.36. The molecular weight excluding hydrogens is 240 g/mol. The van der Waals surface area contributed by atoms with E-state index < -0.39 is 6.10 Å². The van der Waals surface area contributed by atoms with Crippen LogP contribution >= 0.6 is 0 Å². The molecule has 0 amide bonds. The summed E-state index contributed by atoms with van der Waals surface area (Å²) < 4.78 is 7.47. The van der Waals surface area contributed by atoms with Gasteiger partial charge in [-0.1, -0.05) is 6.07 Å². The summed E-state index contributed by atoms with van der Waals surface area (Å²) >= 11 is 0. The lowest BCUT2D eigenvalue weighted by Crippen LogP contribution is -2.04. The van der Waals surface area contributed by atoms with Crippen LogP contribution in [0.15, 0.2) is 24.5 Å². The topological polar surface area (TPSA) is 47.3 Å². The number of rotatable bonds is 4. The molecule has 19 heavy (non-hydrogen) atoms. The van der Waals surface area contributed by atoms with E-state index in [9.17, 15) is 5.11 Å². The lowest BCUT2D eigenvalue weighted by atomic mass is 10.1. The fourth-order valence-electron chi connectivity index (χ4n) is 2.07. The van der Waals surface area contributed by atoms with Crippen molar-refractivity contribution in [2.45, 2.75) is 33.4 Å². The predicted molar refractivity (Wildman–Crippen MR) is 74.4 cm³/mol. The summed E-state index contributed by atoms with van der Waals surface area (Å²) in [6.07, 6.45) is 1.36. The Bertz CT molecular complexity index is 574. The van der Waals surface area contributed by atoms with E-state index in [-0.39, 0.29) is 0 Å². The first-order chi connectivity index (χ1) is 9.02. The maximum atomic E-state index is 9.68. The van der Waals surface area contributed by atoms with Gasteiger partial charge in [-0.3, -0.25) is 0 Å². The van der Waals surface area contributed by atoms with E-state index >= 15 is 0 Å². The van der Waals surface area contributed by atoms with Crippen LogP contribution in [0.5, 0.6) is 5.75 Å². The first-order valence-corrected chi connectivity index (χ1v) is 6.36. The minimum atomic E-state index is -0.477. The normalized spacial score (nSPS) is 12.5. The molecule has 0 fully saturated rings. The molecule has 102 valence electrons. The number of aryl methyl sites for hydroxylation is 1. The van der Waals surface area contributed by atoms with Crippen molar-refractivity contribution < 1.29 is 9.84 Å². The molecule has 1 aromatic heterocycles. The van der Waals surface area contributed by atoms with E-state index in [2.05, 4.69) is 9.55 Å². The number of hydrogen-bond acceptors (Lipinski definition) is 3. The number of aliphatic hydroxyl groups excluding tert-OH is 1. The van der Waals surface area contributed by atoms with Gasteiger partial charge in [0.25, 0.3) is 0 Å². The molecule has 0 spiro atoms. The summed E-state index contributed by atoms with van der Waals surface area (Å²) in [5.74, 6) is 0.829. The molecule has 1 N–H and O–H groups in total. The number of imidazole rings is 1. The zero-order chi connectivity index (χ0) is 14.0. The molecule has 4 nitrogen and oxygen atoms in total. The fourth-order valence-corrected chi connectivity index (χ4v) is 2.07. The van der Waals surface area contributed by atoms with Crippen molar-refractivity contribution in [3.8, 4) is 5.75 Å². The minimum absolute atomic E-state index is 0.477. The number of aliphatic hydroxyl groups is 1. The number of ether oxygens (including phenoxy) is 1. The highest BCUT2D eigenvalue weighted by Crippen LogP contribution is 2.24. The van der Waals surface area contributed by atoms with Crippen LogP contribution in [0.3, 0.4) is 0 Å². The highest BCUT2D eigenvalue weighted by atomic mass is 16.5. The maximum Gasteiger partial charge on any atom is 0.123 e. The summed E-state index contributed by atoms with van der Waals surface area (Å²) in [5.41, 5.74) is 4.11. The number of methoxy groups -OCH3 is 1. The molecule has 0 aliphatic heterocycles. The number of benzene rings is 1. The van der Waals surface area contributed by atoms with Crippen LogP contribution in [0.2, 0.25) is 0 Å². The van der Waals surface area contributed by atoms with Crippen LogP contribution in [0, 0.1) is 13.8 Å². The van der Waals surface area contributed by atoms with Crippen LogP contribution in [-0.2, 0) is 6.54 Å². The molecule has 4 heteroatoms. The molecule has 0 saturated carbocycles. The SMILES string of the molecule is COc1ccc(C(C)O)cc1Cn1cnc(C)c1C. The lowest BCUT2D eigenvalue weighted by molar-refractivity contribution is 0.199. The van der Waals surface area contributed by atoms with E-state index in [0.29, 0.717) is 6.54 Å². The van der Waals surface area contributed by atoms with Crippen molar-refractivity contribution in [1.29, 1.82) is 0 Å². The molecule has 2 aromatic rings. The minimum Gasteiger partial charge on any atom is -0.496 e. The molecule has 2 rings (SSSR count). The quantitative estimate of drug-likeness (QED) is 0.919. The second-order valence-electron chi connectivity index (χ2n) is 4.79. The molecule has 1 aromatic carbocycles. The van der Waals surface area contributed by atoms with Gasteiger partial charge in [0.2, 0.25) is 0 Å². The van der Waals surface area contributed by atoms with Gasteiger partial charge >= 0.3 is 0 Å². The van der Waals surface area contributed by atoms with Crippen LogP contribution in [0.4, 0.5) is 0 Å². The predicted octanol–water partition coefficient (Wildman–Crippen LogP) is 2.61. The van der Waals surface area contributed by atoms with Crippen molar-refractivity contribution in [2.75, 3.05) is 7.11 Å². The number of hydrogen-bond donors (Lipinski definition) is 1. The van der Waals surface area contributed by atoms with Gasteiger partial charge in [0.05, 0.1) is 31.8 Å².